The highest BCUT2D eigenvalue weighted by molar-refractivity contribution is 5.72. The number of carboxylic acid groups (broad SMARTS) is 2. The van der Waals surface area contributed by atoms with Gasteiger partial charge in [-0.25, -0.2) is 9.97 Å². The van der Waals surface area contributed by atoms with Crippen molar-refractivity contribution in [1.82, 2.24) is 19.9 Å². The SMILES string of the molecule is CC(CC(=O)O)c1ncc(-c2ccc(-c3ccc(-c4cnc(C(C)CC(=O)O)[nH]4)cc3)cc2)[nH]1. The van der Waals surface area contributed by atoms with Gasteiger partial charge >= 0.3 is 11.9 Å². The Balaban J connectivity index is 1.46. The molecule has 0 saturated heterocycles. The van der Waals surface area contributed by atoms with Crippen molar-refractivity contribution < 1.29 is 19.8 Å². The average molecular weight is 459 g/mol. The minimum atomic E-state index is -0.846. The number of nitrogens with zero attached hydrogens (tertiary/aromatic N) is 2. The molecular formula is C26H26N4O4. The minimum Gasteiger partial charge on any atom is -0.481 e. The van der Waals surface area contributed by atoms with Crippen molar-refractivity contribution in [1.29, 1.82) is 0 Å². The molecule has 0 spiro atoms. The Hall–Kier alpha value is -4.20. The Kier molecular flexibility index (Phi) is 6.58. The third kappa shape index (κ3) is 5.23. The first kappa shape index (κ1) is 23.0. The van der Waals surface area contributed by atoms with Gasteiger partial charge in [-0.1, -0.05) is 62.4 Å². The molecule has 34 heavy (non-hydrogen) atoms. The van der Waals surface area contributed by atoms with E-state index in [4.69, 9.17) is 10.2 Å². The highest BCUT2D eigenvalue weighted by atomic mass is 16.4. The number of H-pyrrole nitrogens is 2. The number of hydrogen-bond acceptors (Lipinski definition) is 4. The molecule has 0 fully saturated rings. The standard InChI is InChI=1S/C26H26N4O4/c1-15(11-23(31)32)25-27-13-21(29-25)19-7-3-17(4-8-19)18-5-9-20(10-6-18)22-14-28-26(30-22)16(2)12-24(33)34/h3-10,13-16H,11-12H2,1-2H3,(H,27,29)(H,28,30)(H,31,32)(H,33,34). The molecule has 4 aromatic rings. The molecule has 2 atom stereocenters. The molecule has 2 aromatic carbocycles. The summed E-state index contributed by atoms with van der Waals surface area (Å²) in [5, 5.41) is 18.0. The van der Waals surface area contributed by atoms with Crippen molar-refractivity contribution in [3.63, 3.8) is 0 Å². The van der Waals surface area contributed by atoms with Crippen molar-refractivity contribution in [2.24, 2.45) is 0 Å². The van der Waals surface area contributed by atoms with E-state index in [1.807, 2.05) is 62.4 Å². The van der Waals surface area contributed by atoms with Gasteiger partial charge in [0.1, 0.15) is 11.6 Å². The summed E-state index contributed by atoms with van der Waals surface area (Å²) in [4.78, 5) is 37.0. The lowest BCUT2D eigenvalue weighted by atomic mass is 10.0. The van der Waals surface area contributed by atoms with Crippen molar-refractivity contribution in [2.45, 2.75) is 38.5 Å². The second kappa shape index (κ2) is 9.74. The number of imidazole rings is 2. The predicted molar refractivity (Wildman–Crippen MR) is 128 cm³/mol. The summed E-state index contributed by atoms with van der Waals surface area (Å²) in [6, 6.07) is 16.2. The van der Waals surface area contributed by atoms with Crippen LogP contribution in [0.4, 0.5) is 0 Å². The Morgan fingerprint density at radius 2 is 1.00 bits per heavy atom. The van der Waals surface area contributed by atoms with Crippen LogP contribution in [0.3, 0.4) is 0 Å². The second-order valence-corrected chi connectivity index (χ2v) is 8.52. The van der Waals surface area contributed by atoms with E-state index in [1.54, 1.807) is 12.4 Å². The molecule has 4 N–H and O–H groups in total. The molecule has 0 amide bonds. The molecule has 0 saturated carbocycles. The summed E-state index contributed by atoms with van der Waals surface area (Å²) in [5.74, 6) is -0.735. The first-order chi connectivity index (χ1) is 16.3. The van der Waals surface area contributed by atoms with Gasteiger partial charge in [-0.3, -0.25) is 9.59 Å². The molecule has 4 rings (SSSR count). The van der Waals surface area contributed by atoms with Gasteiger partial charge in [-0.05, 0) is 22.3 Å². The fraction of sp³-hybridized carbons (Fsp3) is 0.231. The van der Waals surface area contributed by atoms with E-state index >= 15 is 0 Å². The van der Waals surface area contributed by atoms with Gasteiger partial charge in [-0.15, -0.1) is 0 Å². The van der Waals surface area contributed by atoms with Crippen molar-refractivity contribution in [2.75, 3.05) is 0 Å². The fourth-order valence-electron chi connectivity index (χ4n) is 3.87. The minimum absolute atomic E-state index is 0.0309. The number of carbonyl (C=O) groups is 2. The average Bonchev–Trinajstić information content (AvgIpc) is 3.49. The van der Waals surface area contributed by atoms with Crippen LogP contribution in [0.25, 0.3) is 33.6 Å². The van der Waals surface area contributed by atoms with Crippen LogP contribution in [0.2, 0.25) is 0 Å². The van der Waals surface area contributed by atoms with Crippen LogP contribution in [0.15, 0.2) is 60.9 Å². The number of benzene rings is 2. The van der Waals surface area contributed by atoms with Gasteiger partial charge in [0.15, 0.2) is 0 Å². The van der Waals surface area contributed by atoms with Crippen LogP contribution >= 0.6 is 0 Å². The number of rotatable bonds is 9. The van der Waals surface area contributed by atoms with Crippen LogP contribution in [-0.2, 0) is 9.59 Å². The molecule has 8 heteroatoms. The van der Waals surface area contributed by atoms with Gasteiger partial charge in [0.05, 0.1) is 36.6 Å². The van der Waals surface area contributed by atoms with Crippen LogP contribution in [0.5, 0.6) is 0 Å². The van der Waals surface area contributed by atoms with Gasteiger partial charge in [0, 0.05) is 11.8 Å². The maximum Gasteiger partial charge on any atom is 0.304 e. The number of aromatic amines is 2. The topological polar surface area (TPSA) is 132 Å². The zero-order valence-electron chi connectivity index (χ0n) is 18.9. The van der Waals surface area contributed by atoms with Crippen molar-refractivity contribution >= 4 is 11.9 Å². The van der Waals surface area contributed by atoms with E-state index in [0.29, 0.717) is 11.6 Å². The lowest BCUT2D eigenvalue weighted by molar-refractivity contribution is -0.138. The molecule has 174 valence electrons. The third-order valence-corrected chi connectivity index (χ3v) is 5.81. The first-order valence-electron chi connectivity index (χ1n) is 11.0. The normalized spacial score (nSPS) is 12.9. The summed E-state index contributed by atoms with van der Waals surface area (Å²) in [6.07, 6.45) is 3.52. The number of nitrogens with one attached hydrogen (secondary N) is 2. The first-order valence-corrected chi connectivity index (χ1v) is 11.0. The van der Waals surface area contributed by atoms with Gasteiger partial charge < -0.3 is 20.2 Å². The number of hydrogen-bond donors (Lipinski definition) is 4. The number of carboxylic acids is 2. The second-order valence-electron chi connectivity index (χ2n) is 8.52. The summed E-state index contributed by atoms with van der Waals surface area (Å²) >= 11 is 0. The van der Waals surface area contributed by atoms with E-state index in [0.717, 1.165) is 33.6 Å². The monoisotopic (exact) mass is 458 g/mol. The summed E-state index contributed by atoms with van der Waals surface area (Å²) < 4.78 is 0. The molecule has 2 heterocycles. The van der Waals surface area contributed by atoms with Gasteiger partial charge in [-0.2, -0.15) is 0 Å². The zero-order valence-corrected chi connectivity index (χ0v) is 18.9. The summed E-state index contributed by atoms with van der Waals surface area (Å²) in [5.41, 5.74) is 5.77. The lowest BCUT2D eigenvalue weighted by Gasteiger charge is -2.06. The van der Waals surface area contributed by atoms with Crippen LogP contribution in [0.1, 0.15) is 50.2 Å². The van der Waals surface area contributed by atoms with Gasteiger partial charge in [0.2, 0.25) is 0 Å². The van der Waals surface area contributed by atoms with Crippen molar-refractivity contribution in [3.05, 3.63) is 72.6 Å². The molecule has 0 bridgehead atoms. The quantitative estimate of drug-likeness (QED) is 0.269. The molecule has 0 aliphatic carbocycles. The Bertz CT molecular complexity index is 1190. The molecule has 2 aromatic heterocycles. The highest BCUT2D eigenvalue weighted by Crippen LogP contribution is 2.28. The Labute approximate surface area is 196 Å². The van der Waals surface area contributed by atoms with E-state index in [1.165, 1.54) is 0 Å². The molecule has 0 radical (unpaired) electrons. The van der Waals surface area contributed by atoms with E-state index in [9.17, 15) is 9.59 Å². The smallest absolute Gasteiger partial charge is 0.304 e. The Morgan fingerprint density at radius 1 is 0.676 bits per heavy atom. The van der Waals surface area contributed by atoms with E-state index in [2.05, 4.69) is 19.9 Å². The maximum atomic E-state index is 10.9. The molecule has 2 unspecified atom stereocenters. The lowest BCUT2D eigenvalue weighted by Crippen LogP contribution is -2.04. The van der Waals surface area contributed by atoms with Crippen molar-refractivity contribution in [3.8, 4) is 33.6 Å². The zero-order chi connectivity index (χ0) is 24.2. The molecule has 8 nitrogen and oxygen atoms in total. The van der Waals surface area contributed by atoms with Gasteiger partial charge in [0.25, 0.3) is 0 Å². The Morgan fingerprint density at radius 3 is 1.32 bits per heavy atom. The molecule has 0 aliphatic rings. The van der Waals surface area contributed by atoms with Crippen LogP contribution in [-0.4, -0.2) is 42.1 Å². The maximum absolute atomic E-state index is 10.9. The van der Waals surface area contributed by atoms with Crippen LogP contribution < -0.4 is 0 Å². The summed E-state index contributed by atoms with van der Waals surface area (Å²) in [6.45, 7) is 3.68. The molecular weight excluding hydrogens is 432 g/mol. The number of aliphatic carboxylic acids is 2. The third-order valence-electron chi connectivity index (χ3n) is 5.81. The van der Waals surface area contributed by atoms with E-state index in [-0.39, 0.29) is 24.7 Å². The summed E-state index contributed by atoms with van der Waals surface area (Å²) in [7, 11) is 0. The highest BCUT2D eigenvalue weighted by Gasteiger charge is 2.15. The van der Waals surface area contributed by atoms with E-state index < -0.39 is 11.9 Å². The number of aromatic nitrogens is 4. The largest absolute Gasteiger partial charge is 0.481 e. The van der Waals surface area contributed by atoms with Crippen LogP contribution in [0, 0.1) is 0 Å². The molecule has 0 aliphatic heterocycles. The fourth-order valence-corrected chi connectivity index (χ4v) is 3.87. The predicted octanol–water partition coefficient (Wildman–Crippen LogP) is 5.29.